The molecule has 0 aliphatic heterocycles. The van der Waals surface area contributed by atoms with Crippen molar-refractivity contribution in [3.05, 3.63) is 0 Å². The second-order valence-electron chi connectivity index (χ2n) is 6.44. The van der Waals surface area contributed by atoms with Gasteiger partial charge < -0.3 is 5.73 Å². The first-order valence-corrected chi connectivity index (χ1v) is 7.45. The smallest absolute Gasteiger partial charge is 0.0331 e. The van der Waals surface area contributed by atoms with Crippen LogP contribution in [0.25, 0.3) is 0 Å². The summed E-state index contributed by atoms with van der Waals surface area (Å²) in [4.78, 5) is 2.54. The van der Waals surface area contributed by atoms with E-state index in [1.807, 2.05) is 0 Å². The Kier molecular flexibility index (Phi) is 5.94. The third-order valence-electron chi connectivity index (χ3n) is 4.48. The van der Waals surface area contributed by atoms with Crippen LogP contribution in [0.3, 0.4) is 0 Å². The van der Waals surface area contributed by atoms with Gasteiger partial charge in [-0.05, 0) is 51.1 Å². The van der Waals surface area contributed by atoms with Gasteiger partial charge in [-0.2, -0.15) is 0 Å². The molecule has 17 heavy (non-hydrogen) atoms. The van der Waals surface area contributed by atoms with Gasteiger partial charge in [0.2, 0.25) is 0 Å². The fourth-order valence-electron chi connectivity index (χ4n) is 3.59. The molecule has 0 amide bonds. The summed E-state index contributed by atoms with van der Waals surface area (Å²) >= 11 is 0. The highest BCUT2D eigenvalue weighted by Gasteiger charge is 2.38. The number of hydrogen-bond donors (Lipinski definition) is 1. The van der Waals surface area contributed by atoms with Crippen molar-refractivity contribution in [2.75, 3.05) is 20.1 Å². The van der Waals surface area contributed by atoms with Crippen molar-refractivity contribution in [2.45, 2.75) is 64.8 Å². The number of hydrogen-bond acceptors (Lipinski definition) is 2. The molecular formula is C15H32N2. The van der Waals surface area contributed by atoms with Gasteiger partial charge in [-0.3, -0.25) is 4.90 Å². The summed E-state index contributed by atoms with van der Waals surface area (Å²) in [5, 5.41) is 0. The van der Waals surface area contributed by atoms with Gasteiger partial charge in [-0.15, -0.1) is 0 Å². The molecule has 1 rings (SSSR count). The fourth-order valence-corrected chi connectivity index (χ4v) is 3.59. The van der Waals surface area contributed by atoms with Crippen molar-refractivity contribution in [3.63, 3.8) is 0 Å². The summed E-state index contributed by atoms with van der Waals surface area (Å²) in [6.07, 6.45) is 8.00. The molecule has 0 spiro atoms. The van der Waals surface area contributed by atoms with Gasteiger partial charge in [-0.25, -0.2) is 0 Å². The van der Waals surface area contributed by atoms with E-state index in [1.165, 1.54) is 45.1 Å². The molecule has 2 atom stereocenters. The van der Waals surface area contributed by atoms with Crippen LogP contribution >= 0.6 is 0 Å². The van der Waals surface area contributed by atoms with Crippen molar-refractivity contribution in [1.29, 1.82) is 0 Å². The van der Waals surface area contributed by atoms with E-state index in [0.29, 0.717) is 5.54 Å². The molecule has 2 unspecified atom stereocenters. The Morgan fingerprint density at radius 1 is 1.41 bits per heavy atom. The third-order valence-corrected chi connectivity index (χ3v) is 4.48. The van der Waals surface area contributed by atoms with Gasteiger partial charge in [0.15, 0.2) is 0 Å². The Hall–Kier alpha value is -0.0800. The van der Waals surface area contributed by atoms with Crippen LogP contribution in [0.1, 0.15) is 59.3 Å². The summed E-state index contributed by atoms with van der Waals surface area (Å²) in [6, 6.07) is 0. The zero-order chi connectivity index (χ0) is 12.9. The molecule has 0 aromatic carbocycles. The summed E-state index contributed by atoms with van der Waals surface area (Å²) < 4.78 is 0. The Morgan fingerprint density at radius 3 is 2.65 bits per heavy atom. The zero-order valence-electron chi connectivity index (χ0n) is 12.3. The number of likely N-dealkylation sites (N-methyl/N-ethyl adjacent to an activating group) is 1. The van der Waals surface area contributed by atoms with Crippen LogP contribution in [0.15, 0.2) is 0 Å². The van der Waals surface area contributed by atoms with Gasteiger partial charge in [0.25, 0.3) is 0 Å². The molecular weight excluding hydrogens is 208 g/mol. The third kappa shape index (κ3) is 3.96. The summed E-state index contributed by atoms with van der Waals surface area (Å²) in [7, 11) is 2.27. The molecule has 102 valence electrons. The molecule has 0 heterocycles. The maximum absolute atomic E-state index is 6.12. The number of nitrogens with two attached hydrogens (primary N) is 1. The highest BCUT2D eigenvalue weighted by Crippen LogP contribution is 2.38. The Morgan fingerprint density at radius 2 is 2.12 bits per heavy atom. The predicted octanol–water partition coefficient (Wildman–Crippen LogP) is 3.26. The van der Waals surface area contributed by atoms with E-state index in [2.05, 4.69) is 32.7 Å². The van der Waals surface area contributed by atoms with Gasteiger partial charge in [0, 0.05) is 12.1 Å². The lowest BCUT2D eigenvalue weighted by Gasteiger charge is -2.47. The lowest BCUT2D eigenvalue weighted by molar-refractivity contribution is 0.0521. The maximum Gasteiger partial charge on any atom is 0.0331 e. The van der Waals surface area contributed by atoms with E-state index < -0.39 is 0 Å². The average Bonchev–Trinajstić information content (AvgIpc) is 2.28. The highest BCUT2D eigenvalue weighted by molar-refractivity contribution is 4.95. The van der Waals surface area contributed by atoms with E-state index in [-0.39, 0.29) is 0 Å². The summed E-state index contributed by atoms with van der Waals surface area (Å²) in [5.74, 6) is 1.72. The molecule has 2 nitrogen and oxygen atoms in total. The molecule has 1 aliphatic carbocycles. The quantitative estimate of drug-likeness (QED) is 0.772. The monoisotopic (exact) mass is 240 g/mol. The molecule has 2 heteroatoms. The normalized spacial score (nSPS) is 30.2. The first kappa shape index (κ1) is 15.0. The summed E-state index contributed by atoms with van der Waals surface area (Å²) in [6.45, 7) is 8.96. The van der Waals surface area contributed by atoms with E-state index >= 15 is 0 Å². The molecule has 0 radical (unpaired) electrons. The first-order chi connectivity index (χ1) is 8.04. The van der Waals surface area contributed by atoms with Crippen molar-refractivity contribution in [3.8, 4) is 0 Å². The fraction of sp³-hybridized carbons (Fsp3) is 1.00. The molecule has 1 aliphatic rings. The Bertz CT molecular complexity index is 215. The van der Waals surface area contributed by atoms with Crippen LogP contribution in [0.5, 0.6) is 0 Å². The minimum atomic E-state index is 0.299. The summed E-state index contributed by atoms with van der Waals surface area (Å²) in [5.41, 5.74) is 6.42. The zero-order valence-corrected chi connectivity index (χ0v) is 12.3. The van der Waals surface area contributed by atoms with Crippen LogP contribution in [0.4, 0.5) is 0 Å². The topological polar surface area (TPSA) is 29.3 Å². The highest BCUT2D eigenvalue weighted by atomic mass is 15.2. The van der Waals surface area contributed by atoms with Gasteiger partial charge >= 0.3 is 0 Å². The number of rotatable bonds is 6. The largest absolute Gasteiger partial charge is 0.329 e. The minimum Gasteiger partial charge on any atom is -0.329 e. The van der Waals surface area contributed by atoms with E-state index in [1.54, 1.807) is 0 Å². The Labute approximate surface area is 108 Å². The second-order valence-corrected chi connectivity index (χ2v) is 6.44. The molecule has 0 aromatic rings. The SMILES string of the molecule is CCCN(C)C1(CN)CCCC(CC(C)C)C1. The first-order valence-electron chi connectivity index (χ1n) is 7.45. The van der Waals surface area contributed by atoms with Gasteiger partial charge in [-0.1, -0.05) is 33.6 Å². The molecule has 1 saturated carbocycles. The molecule has 0 aromatic heterocycles. The minimum absolute atomic E-state index is 0.299. The van der Waals surface area contributed by atoms with Crippen molar-refractivity contribution in [1.82, 2.24) is 4.90 Å². The van der Waals surface area contributed by atoms with Gasteiger partial charge in [0.1, 0.15) is 0 Å². The van der Waals surface area contributed by atoms with Crippen molar-refractivity contribution < 1.29 is 0 Å². The molecule has 0 saturated heterocycles. The lowest BCUT2D eigenvalue weighted by atomic mass is 9.72. The van der Waals surface area contributed by atoms with Crippen LogP contribution in [0.2, 0.25) is 0 Å². The average molecular weight is 240 g/mol. The van der Waals surface area contributed by atoms with Crippen LogP contribution < -0.4 is 5.73 Å². The second kappa shape index (κ2) is 6.75. The molecule has 2 N–H and O–H groups in total. The number of nitrogens with zero attached hydrogens (tertiary/aromatic N) is 1. The predicted molar refractivity (Wildman–Crippen MR) is 76.1 cm³/mol. The lowest BCUT2D eigenvalue weighted by Crippen LogP contribution is -2.55. The molecule has 1 fully saturated rings. The Balaban J connectivity index is 2.64. The van der Waals surface area contributed by atoms with Crippen molar-refractivity contribution in [2.24, 2.45) is 17.6 Å². The van der Waals surface area contributed by atoms with Crippen LogP contribution in [-0.4, -0.2) is 30.6 Å². The van der Waals surface area contributed by atoms with Crippen LogP contribution in [-0.2, 0) is 0 Å². The maximum atomic E-state index is 6.12. The standard InChI is InChI=1S/C15H32N2/c1-5-9-17(4)15(12-16)8-6-7-14(11-15)10-13(2)3/h13-14H,5-12,16H2,1-4H3. The molecule has 0 bridgehead atoms. The van der Waals surface area contributed by atoms with E-state index in [0.717, 1.165) is 18.4 Å². The van der Waals surface area contributed by atoms with E-state index in [4.69, 9.17) is 5.73 Å². The van der Waals surface area contributed by atoms with E-state index in [9.17, 15) is 0 Å². The van der Waals surface area contributed by atoms with Crippen molar-refractivity contribution >= 4 is 0 Å². The van der Waals surface area contributed by atoms with Gasteiger partial charge in [0.05, 0.1) is 0 Å². The van der Waals surface area contributed by atoms with Crippen LogP contribution in [0, 0.1) is 11.8 Å².